The first-order valence-electron chi connectivity index (χ1n) is 6.55. The van der Waals surface area contributed by atoms with Gasteiger partial charge in [-0.3, -0.25) is 9.69 Å². The van der Waals surface area contributed by atoms with Crippen LogP contribution in [0.2, 0.25) is 0 Å². The summed E-state index contributed by atoms with van der Waals surface area (Å²) in [6, 6.07) is 3.84. The van der Waals surface area contributed by atoms with Crippen molar-refractivity contribution >= 4 is 17.2 Å². The van der Waals surface area contributed by atoms with Gasteiger partial charge in [-0.15, -0.1) is 11.3 Å². The van der Waals surface area contributed by atoms with Crippen LogP contribution < -0.4 is 11.1 Å². The first-order valence-corrected chi connectivity index (χ1v) is 7.37. The molecule has 1 aromatic heterocycles. The van der Waals surface area contributed by atoms with Crippen LogP contribution in [0.25, 0.3) is 0 Å². The minimum absolute atomic E-state index is 0.00408. The summed E-state index contributed by atoms with van der Waals surface area (Å²) >= 11 is 1.64. The molecule has 1 amide bonds. The van der Waals surface area contributed by atoms with E-state index in [4.69, 9.17) is 10.5 Å². The fourth-order valence-corrected chi connectivity index (χ4v) is 3.01. The van der Waals surface area contributed by atoms with Crippen LogP contribution >= 0.6 is 11.3 Å². The quantitative estimate of drug-likeness (QED) is 0.770. The van der Waals surface area contributed by atoms with Crippen LogP contribution in [-0.2, 0) is 16.1 Å². The molecule has 0 aromatic carbocycles. The highest BCUT2D eigenvalue weighted by Crippen LogP contribution is 2.20. The lowest BCUT2D eigenvalue weighted by Gasteiger charge is -2.33. The number of rotatable bonds is 3. The largest absolute Gasteiger partial charge is 0.378 e. The maximum absolute atomic E-state index is 11.8. The monoisotopic (exact) mass is 293 g/mol. The highest BCUT2D eigenvalue weighted by molar-refractivity contribution is 7.12. The molecular formula is C14H19N3O2S. The van der Waals surface area contributed by atoms with Crippen LogP contribution in [0.3, 0.4) is 0 Å². The summed E-state index contributed by atoms with van der Waals surface area (Å²) in [7, 11) is 1.65. The van der Waals surface area contributed by atoms with Gasteiger partial charge in [-0.2, -0.15) is 0 Å². The highest BCUT2D eigenvalue weighted by Gasteiger charge is 2.28. The predicted octanol–water partition coefficient (Wildman–Crippen LogP) is 0.00510. The Bertz CT molecular complexity index is 518. The Hall–Kier alpha value is -1.39. The molecule has 1 aromatic rings. The van der Waals surface area contributed by atoms with Crippen molar-refractivity contribution in [3.05, 3.63) is 21.9 Å². The minimum atomic E-state index is -0.213. The van der Waals surface area contributed by atoms with Crippen LogP contribution in [0.4, 0.5) is 0 Å². The van der Waals surface area contributed by atoms with Crippen LogP contribution in [0.5, 0.6) is 0 Å². The van der Waals surface area contributed by atoms with E-state index < -0.39 is 0 Å². The van der Waals surface area contributed by atoms with E-state index in [1.54, 1.807) is 18.4 Å². The normalized spacial score (nSPS) is 19.2. The van der Waals surface area contributed by atoms with Crippen molar-refractivity contribution in [2.75, 3.05) is 33.4 Å². The molecule has 5 nitrogen and oxygen atoms in total. The van der Waals surface area contributed by atoms with Gasteiger partial charge in [-0.05, 0) is 12.1 Å². The molecule has 108 valence electrons. The number of carbonyl (C=O) groups excluding carboxylic acids is 1. The van der Waals surface area contributed by atoms with E-state index in [0.717, 1.165) is 18.0 Å². The summed E-state index contributed by atoms with van der Waals surface area (Å²) in [4.78, 5) is 16.2. The van der Waals surface area contributed by atoms with Crippen molar-refractivity contribution in [2.24, 2.45) is 5.73 Å². The molecule has 2 heterocycles. The molecule has 1 aliphatic rings. The topological polar surface area (TPSA) is 67.6 Å². The van der Waals surface area contributed by atoms with Crippen LogP contribution in [0.1, 0.15) is 9.75 Å². The molecule has 3 N–H and O–H groups in total. The number of likely N-dealkylation sites (N-methyl/N-ethyl adjacent to an activating group) is 1. The number of nitrogens with zero attached hydrogens (tertiary/aromatic N) is 1. The molecule has 1 aliphatic heterocycles. The van der Waals surface area contributed by atoms with Gasteiger partial charge >= 0.3 is 0 Å². The highest BCUT2D eigenvalue weighted by atomic mass is 32.1. The fourth-order valence-electron chi connectivity index (χ4n) is 2.10. The molecule has 0 spiro atoms. The summed E-state index contributed by atoms with van der Waals surface area (Å²) in [5.74, 6) is 5.88. The zero-order valence-electron chi connectivity index (χ0n) is 11.5. The average Bonchev–Trinajstić information content (AvgIpc) is 2.92. The SMILES string of the molecule is CNC(=O)C1COCCN1Cc1ccc(C#CCN)s1. The van der Waals surface area contributed by atoms with Gasteiger partial charge in [0.1, 0.15) is 6.04 Å². The van der Waals surface area contributed by atoms with Crippen molar-refractivity contribution < 1.29 is 9.53 Å². The molecule has 0 aliphatic carbocycles. The lowest BCUT2D eigenvalue weighted by molar-refractivity contribution is -0.132. The first-order chi connectivity index (χ1) is 9.74. The molecule has 1 unspecified atom stereocenters. The maximum Gasteiger partial charge on any atom is 0.239 e. The summed E-state index contributed by atoms with van der Waals surface area (Å²) in [5.41, 5.74) is 5.36. The molecule has 20 heavy (non-hydrogen) atoms. The Labute approximate surface area is 123 Å². The number of nitrogens with one attached hydrogen (secondary N) is 1. The number of hydrogen-bond donors (Lipinski definition) is 2. The summed E-state index contributed by atoms with van der Waals surface area (Å²) < 4.78 is 5.40. The smallest absolute Gasteiger partial charge is 0.239 e. The second kappa shape index (κ2) is 7.41. The zero-order chi connectivity index (χ0) is 14.4. The number of nitrogens with two attached hydrogens (primary N) is 1. The van der Waals surface area contributed by atoms with Crippen LogP contribution in [0, 0.1) is 11.8 Å². The van der Waals surface area contributed by atoms with E-state index in [1.165, 1.54) is 4.88 Å². The van der Waals surface area contributed by atoms with Crippen molar-refractivity contribution in [1.82, 2.24) is 10.2 Å². The number of hydrogen-bond acceptors (Lipinski definition) is 5. The summed E-state index contributed by atoms with van der Waals surface area (Å²) in [6.45, 7) is 3.00. The summed E-state index contributed by atoms with van der Waals surface area (Å²) in [6.07, 6.45) is 0. The van der Waals surface area contributed by atoms with Crippen LogP contribution in [0.15, 0.2) is 12.1 Å². The van der Waals surface area contributed by atoms with Gasteiger partial charge in [0, 0.05) is 25.0 Å². The Morgan fingerprint density at radius 3 is 3.25 bits per heavy atom. The zero-order valence-corrected chi connectivity index (χ0v) is 12.3. The molecular weight excluding hydrogens is 274 g/mol. The number of thiophene rings is 1. The molecule has 6 heteroatoms. The molecule has 0 radical (unpaired) electrons. The number of ether oxygens (including phenoxy) is 1. The van der Waals surface area contributed by atoms with E-state index in [2.05, 4.69) is 28.1 Å². The molecule has 1 saturated heterocycles. The van der Waals surface area contributed by atoms with E-state index >= 15 is 0 Å². The lowest BCUT2D eigenvalue weighted by atomic mass is 10.2. The van der Waals surface area contributed by atoms with Gasteiger partial charge in [-0.1, -0.05) is 11.8 Å². The van der Waals surface area contributed by atoms with Gasteiger partial charge in [-0.25, -0.2) is 0 Å². The minimum Gasteiger partial charge on any atom is -0.378 e. The Morgan fingerprint density at radius 1 is 1.65 bits per heavy atom. The van der Waals surface area contributed by atoms with E-state index in [1.807, 2.05) is 6.07 Å². The van der Waals surface area contributed by atoms with Gasteiger partial charge in [0.15, 0.2) is 0 Å². The summed E-state index contributed by atoms with van der Waals surface area (Å²) in [5, 5.41) is 2.69. The predicted molar refractivity (Wildman–Crippen MR) is 79.3 cm³/mol. The van der Waals surface area contributed by atoms with Gasteiger partial charge in [0.05, 0.1) is 24.6 Å². The van der Waals surface area contributed by atoms with Gasteiger partial charge < -0.3 is 15.8 Å². The second-order valence-corrected chi connectivity index (χ2v) is 5.62. The Balaban J connectivity index is 2.03. The lowest BCUT2D eigenvalue weighted by Crippen LogP contribution is -2.52. The van der Waals surface area contributed by atoms with E-state index in [0.29, 0.717) is 19.8 Å². The number of morpholine rings is 1. The average molecular weight is 293 g/mol. The number of amides is 1. The van der Waals surface area contributed by atoms with Crippen LogP contribution in [-0.4, -0.2) is 50.2 Å². The second-order valence-electron chi connectivity index (χ2n) is 4.45. The third-order valence-electron chi connectivity index (χ3n) is 3.12. The molecule has 0 saturated carbocycles. The maximum atomic E-state index is 11.8. The van der Waals surface area contributed by atoms with Crippen molar-refractivity contribution in [2.45, 2.75) is 12.6 Å². The fraction of sp³-hybridized carbons (Fsp3) is 0.500. The van der Waals surface area contributed by atoms with Crippen molar-refractivity contribution in [1.29, 1.82) is 0 Å². The molecule has 0 bridgehead atoms. The molecule has 1 fully saturated rings. The third kappa shape index (κ3) is 3.81. The molecule has 2 rings (SSSR count). The van der Waals surface area contributed by atoms with Crippen molar-refractivity contribution in [3.8, 4) is 11.8 Å². The van der Waals surface area contributed by atoms with E-state index in [9.17, 15) is 4.79 Å². The number of carbonyl (C=O) groups is 1. The molecule has 1 atom stereocenters. The first kappa shape index (κ1) is 15.0. The Kier molecular flexibility index (Phi) is 5.56. The van der Waals surface area contributed by atoms with Crippen molar-refractivity contribution in [3.63, 3.8) is 0 Å². The standard InChI is InChI=1S/C14H19N3O2S/c1-16-14(18)13-10-19-8-7-17(13)9-12-5-4-11(20-12)3-2-6-15/h4-5,13H,6-10,15H2,1H3,(H,16,18). The third-order valence-corrected chi connectivity index (χ3v) is 4.11. The Morgan fingerprint density at radius 2 is 2.50 bits per heavy atom. The van der Waals surface area contributed by atoms with E-state index in [-0.39, 0.29) is 11.9 Å². The van der Waals surface area contributed by atoms with Gasteiger partial charge in [0.2, 0.25) is 5.91 Å². The van der Waals surface area contributed by atoms with Gasteiger partial charge in [0.25, 0.3) is 0 Å².